The van der Waals surface area contributed by atoms with Gasteiger partial charge in [0.25, 0.3) is 5.91 Å². The first-order valence-electron chi connectivity index (χ1n) is 10.3. The molecule has 0 saturated heterocycles. The molecule has 0 N–H and O–H groups in total. The molecule has 0 atom stereocenters. The molecule has 0 bridgehead atoms. The van der Waals surface area contributed by atoms with Gasteiger partial charge in [-0.3, -0.25) is 14.5 Å². The third-order valence-corrected chi connectivity index (χ3v) is 6.26. The van der Waals surface area contributed by atoms with Gasteiger partial charge in [0, 0.05) is 36.7 Å². The average Bonchev–Trinajstić information content (AvgIpc) is 3.22. The van der Waals surface area contributed by atoms with Crippen LogP contribution in [0.2, 0.25) is 0 Å². The van der Waals surface area contributed by atoms with Crippen molar-refractivity contribution in [2.75, 3.05) is 0 Å². The summed E-state index contributed by atoms with van der Waals surface area (Å²) in [4.78, 5) is 19.4. The minimum atomic E-state index is -0.475. The van der Waals surface area contributed by atoms with E-state index in [1.165, 1.54) is 6.07 Å². The lowest BCUT2D eigenvalue weighted by Gasteiger charge is -2.32. The Labute approximate surface area is 181 Å². The molecule has 1 aliphatic rings. The number of carbonyl (C=O) groups is 1. The van der Waals surface area contributed by atoms with E-state index in [9.17, 15) is 9.18 Å². The highest BCUT2D eigenvalue weighted by Gasteiger charge is 2.43. The number of hydrogen-bond donors (Lipinski definition) is 0. The lowest BCUT2D eigenvalue weighted by molar-refractivity contribution is 0.0731. The van der Waals surface area contributed by atoms with Crippen LogP contribution in [-0.4, -0.2) is 41.3 Å². The second-order valence-corrected chi connectivity index (χ2v) is 8.65. The minimum Gasteiger partial charge on any atom is -0.339 e. The van der Waals surface area contributed by atoms with Crippen LogP contribution in [0.3, 0.4) is 0 Å². The van der Waals surface area contributed by atoms with Crippen LogP contribution in [0.15, 0.2) is 54.9 Å². The van der Waals surface area contributed by atoms with Gasteiger partial charge in [-0.1, -0.05) is 24.3 Å². The molecule has 0 saturated carbocycles. The Morgan fingerprint density at radius 2 is 1.94 bits per heavy atom. The zero-order chi connectivity index (χ0) is 21.9. The van der Waals surface area contributed by atoms with Crippen LogP contribution in [0.4, 0.5) is 4.39 Å². The number of amides is 1. The Kier molecular flexibility index (Phi) is 4.29. The van der Waals surface area contributed by atoms with Crippen molar-refractivity contribution in [3.05, 3.63) is 83.1 Å². The largest absolute Gasteiger partial charge is 0.339 e. The molecule has 152 valence electrons. The third kappa shape index (κ3) is 2.97. The third-order valence-electron chi connectivity index (χ3n) is 6.26. The number of carbonyl (C=O) groups excluding carboxylic acids is 1. The highest BCUT2D eigenvalue weighted by atomic mass is 19.1. The number of aryl methyl sites for hydroxylation is 2. The highest BCUT2D eigenvalue weighted by Crippen LogP contribution is 2.35. The Bertz CT molecular complexity index is 1370. The topological polar surface area (TPSA) is 51.0 Å². The van der Waals surface area contributed by atoms with Gasteiger partial charge >= 0.3 is 0 Å². The number of rotatable bonds is 3. The molecule has 5 rings (SSSR count). The van der Waals surface area contributed by atoms with Crippen molar-refractivity contribution in [2.24, 2.45) is 7.05 Å². The second-order valence-electron chi connectivity index (χ2n) is 8.65. The van der Waals surface area contributed by atoms with Crippen molar-refractivity contribution >= 4 is 32.5 Å². The summed E-state index contributed by atoms with van der Waals surface area (Å²) in [7, 11) is 5.86. The van der Waals surface area contributed by atoms with Crippen LogP contribution in [0.25, 0.3) is 22.0 Å². The van der Waals surface area contributed by atoms with Gasteiger partial charge in [-0.05, 0) is 47.4 Å². The van der Waals surface area contributed by atoms with E-state index >= 15 is 0 Å². The molecule has 3 heterocycles. The maximum Gasteiger partial charge on any atom is 0.255 e. The summed E-state index contributed by atoms with van der Waals surface area (Å²) in [5.74, 6) is -0.317. The van der Waals surface area contributed by atoms with Gasteiger partial charge in [-0.2, -0.15) is 5.10 Å². The van der Waals surface area contributed by atoms with Gasteiger partial charge in [0.15, 0.2) is 5.82 Å². The van der Waals surface area contributed by atoms with E-state index in [1.807, 2.05) is 45.8 Å². The molecule has 2 aromatic carbocycles. The molecule has 1 aliphatic heterocycles. The Morgan fingerprint density at radius 1 is 1.13 bits per heavy atom. The fourth-order valence-corrected chi connectivity index (χ4v) is 4.51. The van der Waals surface area contributed by atoms with E-state index < -0.39 is 5.34 Å². The zero-order valence-corrected chi connectivity index (χ0v) is 18.0. The molecule has 0 fully saturated rings. The Hall–Kier alpha value is -3.41. The normalized spacial score (nSPS) is 14.9. The van der Waals surface area contributed by atoms with E-state index in [1.54, 1.807) is 30.1 Å². The molecule has 0 aliphatic carbocycles. The SMILES string of the molecule is BC1(B)c2ncccc2C(=O)N1Cc1ccc(-c2ccc(F)c3nn(C)cc23)cc1C. The predicted molar refractivity (Wildman–Crippen MR) is 124 cm³/mol. The summed E-state index contributed by atoms with van der Waals surface area (Å²) in [5.41, 5.74) is 5.95. The van der Waals surface area contributed by atoms with Crippen molar-refractivity contribution < 1.29 is 9.18 Å². The summed E-state index contributed by atoms with van der Waals surface area (Å²) in [6, 6.07) is 13.1. The number of aromatic nitrogens is 3. The number of benzene rings is 2. The van der Waals surface area contributed by atoms with Gasteiger partial charge in [-0.15, -0.1) is 0 Å². The first kappa shape index (κ1) is 19.5. The highest BCUT2D eigenvalue weighted by molar-refractivity contribution is 6.42. The lowest BCUT2D eigenvalue weighted by Crippen LogP contribution is -2.44. The van der Waals surface area contributed by atoms with E-state index in [4.69, 9.17) is 0 Å². The lowest BCUT2D eigenvalue weighted by atomic mass is 9.59. The van der Waals surface area contributed by atoms with Crippen LogP contribution in [-0.2, 0) is 18.9 Å². The van der Waals surface area contributed by atoms with Crippen molar-refractivity contribution in [3.63, 3.8) is 0 Å². The van der Waals surface area contributed by atoms with E-state index in [2.05, 4.69) is 22.2 Å². The van der Waals surface area contributed by atoms with Crippen LogP contribution in [0.1, 0.15) is 27.2 Å². The van der Waals surface area contributed by atoms with Gasteiger partial charge in [0.05, 0.1) is 11.3 Å². The Morgan fingerprint density at radius 3 is 2.68 bits per heavy atom. The maximum atomic E-state index is 14.2. The minimum absolute atomic E-state index is 0.00665. The molecular weight excluding hydrogens is 389 g/mol. The smallest absolute Gasteiger partial charge is 0.255 e. The molecule has 2 aromatic heterocycles. The first-order chi connectivity index (χ1) is 14.8. The fourth-order valence-electron chi connectivity index (χ4n) is 4.51. The monoisotopic (exact) mass is 410 g/mol. The Balaban J connectivity index is 1.51. The van der Waals surface area contributed by atoms with Gasteiger partial charge in [0.1, 0.15) is 21.2 Å². The van der Waals surface area contributed by atoms with Crippen LogP contribution in [0.5, 0.6) is 0 Å². The molecule has 0 radical (unpaired) electrons. The second kappa shape index (κ2) is 6.80. The number of pyridine rings is 1. The number of hydrogen-bond acceptors (Lipinski definition) is 3. The molecule has 0 unspecified atom stereocenters. The molecule has 8 heteroatoms. The predicted octanol–water partition coefficient (Wildman–Crippen LogP) is 2.12. The summed E-state index contributed by atoms with van der Waals surface area (Å²) < 4.78 is 15.8. The summed E-state index contributed by atoms with van der Waals surface area (Å²) in [5, 5.41) is 4.55. The van der Waals surface area contributed by atoms with Gasteiger partial charge < -0.3 is 4.90 Å². The van der Waals surface area contributed by atoms with E-state index in [0.717, 1.165) is 33.3 Å². The fraction of sp³-hybridized carbons (Fsp3) is 0.174. The van der Waals surface area contributed by atoms with Gasteiger partial charge in [-0.25, -0.2) is 4.39 Å². The molecule has 4 aromatic rings. The van der Waals surface area contributed by atoms with Crippen LogP contribution in [0, 0.1) is 12.7 Å². The maximum absolute atomic E-state index is 14.2. The van der Waals surface area contributed by atoms with Crippen molar-refractivity contribution in [1.82, 2.24) is 19.7 Å². The van der Waals surface area contributed by atoms with Crippen molar-refractivity contribution in [3.8, 4) is 11.1 Å². The zero-order valence-electron chi connectivity index (χ0n) is 18.0. The summed E-state index contributed by atoms with van der Waals surface area (Å²) in [6.07, 6.45) is 3.58. The summed E-state index contributed by atoms with van der Waals surface area (Å²) in [6.45, 7) is 2.54. The first-order valence-corrected chi connectivity index (χ1v) is 10.3. The number of halogens is 1. The van der Waals surface area contributed by atoms with Gasteiger partial charge in [0.2, 0.25) is 0 Å². The standard InChI is InChI=1S/C23H21B2FN4O/c1-13-10-14(16-7-8-19(26)20-18(16)12-29(2)28-20)5-6-15(13)11-30-22(31)17-4-3-9-27-21(17)23(30,24)25/h3-10,12H,11,24-25H2,1-2H3. The van der Waals surface area contributed by atoms with Crippen molar-refractivity contribution in [2.45, 2.75) is 18.8 Å². The molecule has 5 nitrogen and oxygen atoms in total. The number of fused-ring (bicyclic) bond motifs is 2. The molecule has 31 heavy (non-hydrogen) atoms. The van der Waals surface area contributed by atoms with E-state index in [0.29, 0.717) is 17.6 Å². The molecule has 0 spiro atoms. The quantitative estimate of drug-likeness (QED) is 0.487. The molecular formula is C23H21B2FN4O. The van der Waals surface area contributed by atoms with Crippen LogP contribution >= 0.6 is 0 Å². The summed E-state index contributed by atoms with van der Waals surface area (Å²) >= 11 is 0. The van der Waals surface area contributed by atoms with E-state index in [-0.39, 0.29) is 11.7 Å². The average molecular weight is 410 g/mol. The molecule has 1 amide bonds. The van der Waals surface area contributed by atoms with Crippen molar-refractivity contribution in [1.29, 1.82) is 0 Å². The van der Waals surface area contributed by atoms with Crippen LogP contribution < -0.4 is 0 Å². The number of nitrogens with zero attached hydrogens (tertiary/aromatic N) is 4.